The second kappa shape index (κ2) is 16.5. The van der Waals surface area contributed by atoms with Gasteiger partial charge < -0.3 is 4.90 Å². The van der Waals surface area contributed by atoms with E-state index in [1.807, 2.05) is 0 Å². The van der Waals surface area contributed by atoms with Gasteiger partial charge in [0.15, 0.2) is 0 Å². The molecule has 59 heavy (non-hydrogen) atoms. The van der Waals surface area contributed by atoms with Crippen LogP contribution in [-0.2, 0) is 0 Å². The predicted octanol–water partition coefficient (Wildman–Crippen LogP) is 16.7. The third kappa shape index (κ3) is 7.26. The highest BCUT2D eigenvalue weighted by atomic mass is 15.1. The molecule has 1 fully saturated rings. The van der Waals surface area contributed by atoms with E-state index in [0.717, 1.165) is 17.1 Å². The molecular weight excluding hydrogens is 711 g/mol. The summed E-state index contributed by atoms with van der Waals surface area (Å²) in [6.07, 6.45) is 6.49. The zero-order chi connectivity index (χ0) is 39.4. The van der Waals surface area contributed by atoms with E-state index in [0.29, 0.717) is 5.92 Å². The van der Waals surface area contributed by atoms with Gasteiger partial charge in [-0.2, -0.15) is 0 Å². The van der Waals surface area contributed by atoms with Crippen LogP contribution in [0.2, 0.25) is 0 Å². The van der Waals surface area contributed by atoms with Crippen molar-refractivity contribution in [1.82, 2.24) is 0 Å². The molecule has 0 spiro atoms. The molecule has 0 N–H and O–H groups in total. The fraction of sp³-hybridized carbons (Fsp3) is 0.103. The van der Waals surface area contributed by atoms with E-state index in [-0.39, 0.29) is 0 Å². The molecule has 0 heterocycles. The van der Waals surface area contributed by atoms with E-state index in [1.54, 1.807) is 0 Å². The second-order valence-electron chi connectivity index (χ2n) is 15.9. The van der Waals surface area contributed by atoms with Crippen molar-refractivity contribution in [3.05, 3.63) is 224 Å². The monoisotopic (exact) mass is 757 g/mol. The standard InChI is InChI=1S/C58H47N/c1-5-19-43(20-6-1)50-40-37-48(41-55(50)46-25-11-4-12-26-46)42-35-38-49(39-36-42)59(56-33-15-13-29-51(56)44-21-7-2-8-22-44)57-34-16-14-30-53(57)54-32-18-28-47-27-17-31-52(58(47)54)45-23-9-3-10-24-45/h1-2,4-8,11-22,25-41,45H,3,9-10,23-24H2. The van der Waals surface area contributed by atoms with Crippen LogP contribution in [0.25, 0.3) is 66.4 Å². The molecule has 1 aliphatic rings. The maximum Gasteiger partial charge on any atom is 0.0540 e. The molecule has 0 bridgehead atoms. The highest BCUT2D eigenvalue weighted by Gasteiger charge is 2.24. The minimum atomic E-state index is 0.590. The first kappa shape index (κ1) is 36.4. The van der Waals surface area contributed by atoms with Crippen LogP contribution in [-0.4, -0.2) is 0 Å². The zero-order valence-corrected chi connectivity index (χ0v) is 33.3. The third-order valence-electron chi connectivity index (χ3n) is 12.3. The van der Waals surface area contributed by atoms with Gasteiger partial charge in [0.1, 0.15) is 0 Å². The van der Waals surface area contributed by atoms with Gasteiger partial charge in [0.2, 0.25) is 0 Å². The van der Waals surface area contributed by atoms with Crippen molar-refractivity contribution >= 4 is 27.8 Å². The molecule has 0 atom stereocenters. The van der Waals surface area contributed by atoms with Crippen molar-refractivity contribution in [3.8, 4) is 55.6 Å². The van der Waals surface area contributed by atoms with Crippen LogP contribution in [0.1, 0.15) is 43.6 Å². The van der Waals surface area contributed by atoms with Crippen LogP contribution in [0.4, 0.5) is 17.1 Å². The zero-order valence-electron chi connectivity index (χ0n) is 33.3. The number of fused-ring (bicyclic) bond motifs is 1. The number of benzene rings is 9. The van der Waals surface area contributed by atoms with Crippen LogP contribution in [0.5, 0.6) is 0 Å². The number of para-hydroxylation sites is 2. The first-order valence-electron chi connectivity index (χ1n) is 21.2. The molecule has 1 aliphatic carbocycles. The van der Waals surface area contributed by atoms with Crippen molar-refractivity contribution in [2.45, 2.75) is 38.0 Å². The molecule has 10 rings (SSSR count). The lowest BCUT2D eigenvalue weighted by Crippen LogP contribution is -2.12. The van der Waals surface area contributed by atoms with Gasteiger partial charge in [-0.1, -0.05) is 207 Å². The third-order valence-corrected chi connectivity index (χ3v) is 12.3. The summed E-state index contributed by atoms with van der Waals surface area (Å²) in [5.41, 5.74) is 17.1. The molecule has 0 aromatic heterocycles. The van der Waals surface area contributed by atoms with Crippen molar-refractivity contribution in [2.75, 3.05) is 4.90 Å². The summed E-state index contributed by atoms with van der Waals surface area (Å²) in [4.78, 5) is 2.48. The Morgan fingerprint density at radius 2 is 0.831 bits per heavy atom. The molecule has 0 radical (unpaired) electrons. The Morgan fingerprint density at radius 3 is 1.49 bits per heavy atom. The fourth-order valence-corrected chi connectivity index (χ4v) is 9.44. The lowest BCUT2D eigenvalue weighted by Gasteiger charge is -2.31. The van der Waals surface area contributed by atoms with Gasteiger partial charge in [0.05, 0.1) is 11.4 Å². The summed E-state index contributed by atoms with van der Waals surface area (Å²) in [5, 5.41) is 2.71. The molecule has 0 amide bonds. The maximum absolute atomic E-state index is 2.48. The van der Waals surface area contributed by atoms with Gasteiger partial charge in [-0.15, -0.1) is 0 Å². The highest BCUT2D eigenvalue weighted by Crippen LogP contribution is 2.48. The Hall–Kier alpha value is -6.96. The molecule has 9 aromatic carbocycles. The Balaban J connectivity index is 1.14. The quantitative estimate of drug-likeness (QED) is 0.142. The topological polar surface area (TPSA) is 3.24 Å². The Kier molecular flexibility index (Phi) is 10.2. The van der Waals surface area contributed by atoms with Crippen LogP contribution in [0.3, 0.4) is 0 Å². The van der Waals surface area contributed by atoms with Crippen LogP contribution >= 0.6 is 0 Å². The SMILES string of the molecule is c1ccc(-c2ccc(-c3ccc(N(c4ccccc4-c4ccccc4)c4ccccc4-c4cccc5cccc(C6CCCCC6)c45)cc3)cc2-c2ccccc2)cc1. The van der Waals surface area contributed by atoms with E-state index in [2.05, 4.69) is 223 Å². The van der Waals surface area contributed by atoms with Gasteiger partial charge in [-0.3, -0.25) is 0 Å². The summed E-state index contributed by atoms with van der Waals surface area (Å²) in [7, 11) is 0. The number of nitrogens with zero attached hydrogens (tertiary/aromatic N) is 1. The fourth-order valence-electron chi connectivity index (χ4n) is 9.44. The van der Waals surface area contributed by atoms with Crippen molar-refractivity contribution in [2.24, 2.45) is 0 Å². The number of rotatable bonds is 9. The molecule has 0 aliphatic heterocycles. The molecular formula is C58H47N. The van der Waals surface area contributed by atoms with Gasteiger partial charge in [-0.25, -0.2) is 0 Å². The van der Waals surface area contributed by atoms with E-state index in [4.69, 9.17) is 0 Å². The Morgan fingerprint density at radius 1 is 0.322 bits per heavy atom. The predicted molar refractivity (Wildman–Crippen MR) is 252 cm³/mol. The summed E-state index contributed by atoms with van der Waals surface area (Å²) in [6.45, 7) is 0. The van der Waals surface area contributed by atoms with Gasteiger partial charge in [0, 0.05) is 16.8 Å². The minimum absolute atomic E-state index is 0.590. The first-order valence-corrected chi connectivity index (χ1v) is 21.2. The van der Waals surface area contributed by atoms with Gasteiger partial charge in [0.25, 0.3) is 0 Å². The van der Waals surface area contributed by atoms with Crippen molar-refractivity contribution in [3.63, 3.8) is 0 Å². The normalized spacial score (nSPS) is 13.0. The van der Waals surface area contributed by atoms with E-state index < -0.39 is 0 Å². The van der Waals surface area contributed by atoms with E-state index >= 15 is 0 Å². The number of hydrogen-bond acceptors (Lipinski definition) is 1. The summed E-state index contributed by atoms with van der Waals surface area (Å²) < 4.78 is 0. The summed E-state index contributed by atoms with van der Waals surface area (Å²) >= 11 is 0. The van der Waals surface area contributed by atoms with E-state index in [1.165, 1.54) is 104 Å². The molecule has 1 saturated carbocycles. The number of hydrogen-bond donors (Lipinski definition) is 0. The summed E-state index contributed by atoms with van der Waals surface area (Å²) in [5.74, 6) is 0.590. The van der Waals surface area contributed by atoms with Crippen molar-refractivity contribution < 1.29 is 0 Å². The summed E-state index contributed by atoms with van der Waals surface area (Å²) in [6, 6.07) is 80.1. The molecule has 9 aromatic rings. The lowest BCUT2D eigenvalue weighted by molar-refractivity contribution is 0.445. The molecule has 0 saturated heterocycles. The smallest absolute Gasteiger partial charge is 0.0540 e. The molecule has 1 nitrogen and oxygen atoms in total. The molecule has 0 unspecified atom stereocenters. The van der Waals surface area contributed by atoms with Gasteiger partial charge >= 0.3 is 0 Å². The minimum Gasteiger partial charge on any atom is -0.309 e. The van der Waals surface area contributed by atoms with Gasteiger partial charge in [-0.05, 0) is 110 Å². The van der Waals surface area contributed by atoms with Crippen LogP contribution < -0.4 is 4.90 Å². The molecule has 284 valence electrons. The van der Waals surface area contributed by atoms with Crippen molar-refractivity contribution in [1.29, 1.82) is 0 Å². The largest absolute Gasteiger partial charge is 0.309 e. The average molecular weight is 758 g/mol. The first-order chi connectivity index (χ1) is 29.3. The molecule has 1 heteroatoms. The Bertz CT molecular complexity index is 2830. The van der Waals surface area contributed by atoms with E-state index in [9.17, 15) is 0 Å². The average Bonchev–Trinajstić information content (AvgIpc) is 3.33. The highest BCUT2D eigenvalue weighted by molar-refractivity contribution is 6.04. The lowest BCUT2D eigenvalue weighted by atomic mass is 9.80. The van der Waals surface area contributed by atoms with Crippen LogP contribution in [0.15, 0.2) is 218 Å². The second-order valence-corrected chi connectivity index (χ2v) is 15.9. The number of anilines is 3. The Labute approximate surface area is 348 Å². The van der Waals surface area contributed by atoms with Crippen LogP contribution in [0, 0.1) is 0 Å². The maximum atomic E-state index is 2.48.